The number of carbonyl (C=O) groups excluding carboxylic acids is 1. The Hall–Kier alpha value is -2.13. The normalized spacial score (nSPS) is 12.1. The van der Waals surface area contributed by atoms with Crippen molar-refractivity contribution < 1.29 is 23.4 Å². The first-order chi connectivity index (χ1) is 11.1. The maximum atomic E-state index is 13.3. The summed E-state index contributed by atoms with van der Waals surface area (Å²) < 4.78 is 31.8. The maximum absolute atomic E-state index is 13.3. The average molecular weight is 357 g/mol. The summed E-state index contributed by atoms with van der Waals surface area (Å²) in [5, 5.41) is 12.8. The van der Waals surface area contributed by atoms with Gasteiger partial charge in [0, 0.05) is 11.6 Å². The number of esters is 1. The molecule has 0 aliphatic carbocycles. The molecule has 0 aliphatic rings. The summed E-state index contributed by atoms with van der Waals surface area (Å²) in [6, 6.07) is 3.03. The van der Waals surface area contributed by atoms with Crippen molar-refractivity contribution in [3.8, 4) is 0 Å². The highest BCUT2D eigenvalue weighted by atomic mass is 32.1. The van der Waals surface area contributed by atoms with Crippen LogP contribution in [0.15, 0.2) is 23.7 Å². The lowest BCUT2D eigenvalue weighted by molar-refractivity contribution is -0.0586. The van der Waals surface area contributed by atoms with E-state index in [-0.39, 0.29) is 10.7 Å². The summed E-state index contributed by atoms with van der Waals surface area (Å²) in [4.78, 5) is 19.6. The smallest absolute Gasteiger partial charge is 0.340 e. The van der Waals surface area contributed by atoms with Crippen molar-refractivity contribution in [3.63, 3.8) is 0 Å². The van der Waals surface area contributed by atoms with Gasteiger partial charge in [-0.15, -0.1) is 11.3 Å². The molecule has 0 atom stereocenters. The standard InChI is InChI=1S/C15H17F2N3O3S/c1-14(2,3)23-12(22)9-4-5-11(18-6-9)20-13-19-10(7-24-13)15(16,17)8-21/h4-7,21H,8H2,1-3H3,(H,18,19,20). The van der Waals surface area contributed by atoms with E-state index in [2.05, 4.69) is 15.3 Å². The van der Waals surface area contributed by atoms with Crippen molar-refractivity contribution in [2.24, 2.45) is 0 Å². The van der Waals surface area contributed by atoms with Crippen LogP contribution < -0.4 is 5.32 Å². The summed E-state index contributed by atoms with van der Waals surface area (Å²) in [7, 11) is 0. The highest BCUT2D eigenvalue weighted by molar-refractivity contribution is 7.13. The van der Waals surface area contributed by atoms with Crippen LogP contribution in [0.2, 0.25) is 0 Å². The number of rotatable bonds is 5. The number of thiazole rings is 1. The number of nitrogens with one attached hydrogen (secondary N) is 1. The number of alkyl halides is 2. The van der Waals surface area contributed by atoms with Crippen LogP contribution in [0, 0.1) is 0 Å². The zero-order chi connectivity index (χ0) is 18.0. The van der Waals surface area contributed by atoms with Crippen LogP contribution in [0.25, 0.3) is 0 Å². The van der Waals surface area contributed by atoms with Crippen molar-refractivity contribution in [3.05, 3.63) is 35.0 Å². The zero-order valence-electron chi connectivity index (χ0n) is 13.3. The van der Waals surface area contributed by atoms with Gasteiger partial charge in [-0.2, -0.15) is 8.78 Å². The van der Waals surface area contributed by atoms with E-state index in [4.69, 9.17) is 9.84 Å². The van der Waals surface area contributed by atoms with Gasteiger partial charge in [-0.3, -0.25) is 0 Å². The minimum absolute atomic E-state index is 0.204. The van der Waals surface area contributed by atoms with E-state index in [0.29, 0.717) is 5.82 Å². The highest BCUT2D eigenvalue weighted by Crippen LogP contribution is 2.31. The van der Waals surface area contributed by atoms with Gasteiger partial charge in [-0.1, -0.05) is 0 Å². The van der Waals surface area contributed by atoms with Gasteiger partial charge in [0.1, 0.15) is 23.7 Å². The molecule has 0 aromatic carbocycles. The first-order valence-electron chi connectivity index (χ1n) is 7.02. The fourth-order valence-corrected chi connectivity index (χ4v) is 2.38. The summed E-state index contributed by atoms with van der Waals surface area (Å²) in [6.07, 6.45) is 1.33. The molecule has 9 heteroatoms. The van der Waals surface area contributed by atoms with Gasteiger partial charge in [0.15, 0.2) is 5.13 Å². The Labute approximate surface area is 141 Å². The third-order valence-corrected chi connectivity index (χ3v) is 3.47. The first kappa shape index (κ1) is 18.2. The van der Waals surface area contributed by atoms with Crippen molar-refractivity contribution in [2.75, 3.05) is 11.9 Å². The van der Waals surface area contributed by atoms with Crippen LogP contribution in [0.1, 0.15) is 36.8 Å². The van der Waals surface area contributed by atoms with E-state index in [1.807, 2.05) is 0 Å². The van der Waals surface area contributed by atoms with Crippen molar-refractivity contribution in [1.82, 2.24) is 9.97 Å². The molecule has 6 nitrogen and oxygen atoms in total. The number of hydrogen-bond acceptors (Lipinski definition) is 7. The highest BCUT2D eigenvalue weighted by Gasteiger charge is 2.33. The molecule has 0 unspecified atom stereocenters. The van der Waals surface area contributed by atoms with E-state index in [1.54, 1.807) is 20.8 Å². The second-order valence-electron chi connectivity index (χ2n) is 5.96. The second kappa shape index (κ2) is 6.78. The van der Waals surface area contributed by atoms with Gasteiger partial charge in [-0.25, -0.2) is 14.8 Å². The molecule has 0 fully saturated rings. The van der Waals surface area contributed by atoms with Crippen molar-refractivity contribution in [2.45, 2.75) is 32.3 Å². The van der Waals surface area contributed by atoms with Crippen molar-refractivity contribution >= 4 is 28.3 Å². The van der Waals surface area contributed by atoms with Crippen LogP contribution in [0.3, 0.4) is 0 Å². The molecule has 0 amide bonds. The number of aliphatic hydroxyl groups is 1. The number of ether oxygens (including phenoxy) is 1. The topological polar surface area (TPSA) is 84.3 Å². The predicted molar refractivity (Wildman–Crippen MR) is 85.8 cm³/mol. The lowest BCUT2D eigenvalue weighted by Gasteiger charge is -2.19. The molecule has 0 saturated carbocycles. The molecule has 0 saturated heterocycles. The summed E-state index contributed by atoms with van der Waals surface area (Å²) in [5.41, 5.74) is -0.839. The van der Waals surface area contributed by atoms with Gasteiger partial charge in [0.2, 0.25) is 0 Å². The molecule has 24 heavy (non-hydrogen) atoms. The van der Waals surface area contributed by atoms with Crippen LogP contribution >= 0.6 is 11.3 Å². The Kier molecular flexibility index (Phi) is 5.14. The average Bonchev–Trinajstić information content (AvgIpc) is 2.95. The summed E-state index contributed by atoms with van der Waals surface area (Å²) in [5.74, 6) is -3.54. The van der Waals surface area contributed by atoms with Crippen LogP contribution in [-0.2, 0) is 10.7 Å². The van der Waals surface area contributed by atoms with E-state index in [9.17, 15) is 13.6 Å². The SMILES string of the molecule is CC(C)(C)OC(=O)c1ccc(Nc2nc(C(F)(F)CO)cs2)nc1. The second-order valence-corrected chi connectivity index (χ2v) is 6.82. The number of aromatic nitrogens is 2. The molecule has 2 aromatic rings. The molecule has 2 rings (SSSR count). The third-order valence-electron chi connectivity index (χ3n) is 2.71. The van der Waals surface area contributed by atoms with Gasteiger partial charge in [0.05, 0.1) is 5.56 Å². The van der Waals surface area contributed by atoms with E-state index in [0.717, 1.165) is 16.7 Å². The lowest BCUT2D eigenvalue weighted by atomic mass is 10.2. The van der Waals surface area contributed by atoms with Gasteiger partial charge < -0.3 is 15.2 Å². The zero-order valence-corrected chi connectivity index (χ0v) is 14.2. The fourth-order valence-electron chi connectivity index (χ4n) is 1.62. The molecule has 130 valence electrons. The third kappa shape index (κ3) is 4.68. The van der Waals surface area contributed by atoms with Crippen molar-refractivity contribution in [1.29, 1.82) is 0 Å². The molecular formula is C15H17F2N3O3S. The van der Waals surface area contributed by atoms with Crippen LogP contribution in [-0.4, -0.2) is 33.3 Å². The minimum Gasteiger partial charge on any atom is -0.456 e. The molecule has 2 aromatic heterocycles. The van der Waals surface area contributed by atoms with Gasteiger partial charge in [0.25, 0.3) is 0 Å². The van der Waals surface area contributed by atoms with Gasteiger partial charge in [-0.05, 0) is 32.9 Å². The number of hydrogen-bond donors (Lipinski definition) is 2. The fraction of sp³-hybridized carbons (Fsp3) is 0.400. The number of carbonyl (C=O) groups is 1. The minimum atomic E-state index is -3.38. The Morgan fingerprint density at radius 3 is 2.62 bits per heavy atom. The quantitative estimate of drug-likeness (QED) is 0.799. The van der Waals surface area contributed by atoms with Crippen LogP contribution in [0.5, 0.6) is 0 Å². The number of halogens is 2. The number of pyridine rings is 1. The lowest BCUT2D eigenvalue weighted by Crippen LogP contribution is -2.23. The number of anilines is 2. The summed E-state index contributed by atoms with van der Waals surface area (Å²) >= 11 is 0.960. The monoisotopic (exact) mass is 357 g/mol. The molecule has 2 N–H and O–H groups in total. The Morgan fingerprint density at radius 1 is 1.38 bits per heavy atom. The molecule has 0 bridgehead atoms. The Balaban J connectivity index is 2.06. The molecule has 2 heterocycles. The summed E-state index contributed by atoms with van der Waals surface area (Å²) in [6.45, 7) is 3.97. The molecule has 0 radical (unpaired) electrons. The van der Waals surface area contributed by atoms with E-state index < -0.39 is 29.8 Å². The van der Waals surface area contributed by atoms with E-state index in [1.165, 1.54) is 18.3 Å². The molecule has 0 aliphatic heterocycles. The maximum Gasteiger partial charge on any atom is 0.340 e. The Morgan fingerprint density at radius 2 is 2.08 bits per heavy atom. The predicted octanol–water partition coefficient (Wildman–Crippen LogP) is 3.32. The van der Waals surface area contributed by atoms with E-state index >= 15 is 0 Å². The van der Waals surface area contributed by atoms with Crippen LogP contribution in [0.4, 0.5) is 19.7 Å². The largest absolute Gasteiger partial charge is 0.456 e. The van der Waals surface area contributed by atoms with Gasteiger partial charge >= 0.3 is 11.9 Å². The molecule has 0 spiro atoms. The number of nitrogens with zero attached hydrogens (tertiary/aromatic N) is 2. The molecular weight excluding hydrogens is 340 g/mol. The number of aliphatic hydroxyl groups excluding tert-OH is 1. The Bertz CT molecular complexity index is 711. The first-order valence-corrected chi connectivity index (χ1v) is 7.90.